The lowest BCUT2D eigenvalue weighted by Gasteiger charge is -2.37. The van der Waals surface area contributed by atoms with Crippen LogP contribution in [-0.2, 0) is 12.0 Å². The van der Waals surface area contributed by atoms with Crippen molar-refractivity contribution in [3.05, 3.63) is 29.3 Å². The molecular weight excluding hydrogens is 236 g/mol. The summed E-state index contributed by atoms with van der Waals surface area (Å²) in [7, 11) is 0. The van der Waals surface area contributed by atoms with E-state index in [9.17, 15) is 5.11 Å². The molecule has 0 spiro atoms. The molecular formula is C17H24O2. The second kappa shape index (κ2) is 5.16. The first-order valence-corrected chi connectivity index (χ1v) is 7.67. The second-order valence-corrected chi connectivity index (χ2v) is 6.23. The molecule has 1 saturated carbocycles. The lowest BCUT2D eigenvalue weighted by Crippen LogP contribution is -2.34. The smallest absolute Gasteiger partial charge is 0.128 e. The zero-order valence-electron chi connectivity index (χ0n) is 11.8. The fraction of sp³-hybridized carbons (Fsp3) is 0.647. The summed E-state index contributed by atoms with van der Waals surface area (Å²) in [5, 5.41) is 11.1. The minimum Gasteiger partial charge on any atom is -0.493 e. The number of fused-ring (bicyclic) bond motifs is 1. The highest BCUT2D eigenvalue weighted by atomic mass is 16.5. The Morgan fingerprint density at radius 1 is 1.16 bits per heavy atom. The Kier molecular flexibility index (Phi) is 3.53. The van der Waals surface area contributed by atoms with Gasteiger partial charge in [0.2, 0.25) is 0 Å². The van der Waals surface area contributed by atoms with E-state index in [2.05, 4.69) is 18.2 Å². The molecule has 1 atom stereocenters. The molecule has 1 aliphatic carbocycles. The van der Waals surface area contributed by atoms with E-state index in [0.717, 1.165) is 43.6 Å². The third-order valence-corrected chi connectivity index (χ3v) is 4.88. The van der Waals surface area contributed by atoms with Crippen molar-refractivity contribution in [1.29, 1.82) is 0 Å². The van der Waals surface area contributed by atoms with Gasteiger partial charge in [0.1, 0.15) is 5.75 Å². The number of rotatable bonds is 2. The molecule has 19 heavy (non-hydrogen) atoms. The van der Waals surface area contributed by atoms with E-state index in [-0.39, 0.29) is 0 Å². The van der Waals surface area contributed by atoms with Crippen LogP contribution >= 0.6 is 0 Å². The van der Waals surface area contributed by atoms with Crippen molar-refractivity contribution in [2.24, 2.45) is 5.92 Å². The average Bonchev–Trinajstić information content (AvgIpc) is 2.47. The molecule has 1 N–H and O–H groups in total. The molecule has 0 radical (unpaired) electrons. The Hall–Kier alpha value is -1.02. The fourth-order valence-corrected chi connectivity index (χ4v) is 3.67. The summed E-state index contributed by atoms with van der Waals surface area (Å²) in [6, 6.07) is 6.26. The summed E-state index contributed by atoms with van der Waals surface area (Å²) < 4.78 is 5.87. The van der Waals surface area contributed by atoms with Crippen LogP contribution in [0.4, 0.5) is 0 Å². The number of ether oxygens (including phenoxy) is 1. The van der Waals surface area contributed by atoms with Gasteiger partial charge in [-0.05, 0) is 44.1 Å². The van der Waals surface area contributed by atoms with Gasteiger partial charge in [-0.15, -0.1) is 0 Å². The zero-order valence-corrected chi connectivity index (χ0v) is 11.8. The molecule has 0 aromatic heterocycles. The Morgan fingerprint density at radius 3 is 2.74 bits per heavy atom. The summed E-state index contributed by atoms with van der Waals surface area (Å²) in [5.74, 6) is 1.34. The Morgan fingerprint density at radius 2 is 1.95 bits per heavy atom. The van der Waals surface area contributed by atoms with Gasteiger partial charge >= 0.3 is 0 Å². The van der Waals surface area contributed by atoms with Gasteiger partial charge in [0.15, 0.2) is 0 Å². The summed E-state index contributed by atoms with van der Waals surface area (Å²) in [6.07, 6.45) is 8.24. The maximum absolute atomic E-state index is 11.1. The molecule has 0 saturated heterocycles. The number of benzene rings is 1. The molecule has 1 aromatic rings. The summed E-state index contributed by atoms with van der Waals surface area (Å²) in [6.45, 7) is 2.77. The fourth-order valence-electron chi connectivity index (χ4n) is 3.67. The van der Waals surface area contributed by atoms with Crippen LogP contribution in [-0.4, -0.2) is 11.7 Å². The number of hydrogen-bond acceptors (Lipinski definition) is 2. The van der Waals surface area contributed by atoms with Crippen molar-refractivity contribution in [3.63, 3.8) is 0 Å². The van der Waals surface area contributed by atoms with Gasteiger partial charge in [-0.25, -0.2) is 0 Å². The minimum atomic E-state index is -0.747. The first kappa shape index (κ1) is 13.0. The normalized spacial score (nSPS) is 23.3. The first-order valence-electron chi connectivity index (χ1n) is 7.67. The van der Waals surface area contributed by atoms with Gasteiger partial charge in [-0.2, -0.15) is 0 Å². The molecule has 0 bridgehead atoms. The standard InChI is InChI=1S/C17H24O2/c1-17(18,14-9-3-2-4-10-14)15-11-5-7-13-8-6-12-19-16(13)15/h5,7,11,14,18H,2-4,6,8-10,12H2,1H3. The van der Waals surface area contributed by atoms with Crippen molar-refractivity contribution in [1.82, 2.24) is 0 Å². The van der Waals surface area contributed by atoms with Gasteiger partial charge in [0.25, 0.3) is 0 Å². The minimum absolute atomic E-state index is 0.373. The van der Waals surface area contributed by atoms with Gasteiger partial charge in [0, 0.05) is 5.56 Å². The molecule has 1 fully saturated rings. The van der Waals surface area contributed by atoms with Crippen molar-refractivity contribution >= 4 is 0 Å². The average molecular weight is 260 g/mol. The van der Waals surface area contributed by atoms with Crippen LogP contribution in [0.5, 0.6) is 5.75 Å². The van der Waals surface area contributed by atoms with Crippen LogP contribution in [0.15, 0.2) is 18.2 Å². The van der Waals surface area contributed by atoms with Crippen molar-refractivity contribution < 1.29 is 9.84 Å². The topological polar surface area (TPSA) is 29.5 Å². The molecule has 1 aromatic carbocycles. The predicted octanol–water partition coefficient (Wildman–Crippen LogP) is 3.80. The molecule has 3 rings (SSSR count). The van der Waals surface area contributed by atoms with Gasteiger partial charge in [0.05, 0.1) is 12.2 Å². The van der Waals surface area contributed by atoms with Crippen LogP contribution < -0.4 is 4.74 Å². The van der Waals surface area contributed by atoms with E-state index in [4.69, 9.17) is 4.74 Å². The van der Waals surface area contributed by atoms with E-state index in [1.165, 1.54) is 24.8 Å². The van der Waals surface area contributed by atoms with Crippen LogP contribution in [0.3, 0.4) is 0 Å². The Labute approximate surface area is 115 Å². The van der Waals surface area contributed by atoms with E-state index in [1.807, 2.05) is 6.92 Å². The molecule has 104 valence electrons. The number of aliphatic hydroxyl groups is 1. The predicted molar refractivity (Wildman–Crippen MR) is 76.4 cm³/mol. The molecule has 2 nitrogen and oxygen atoms in total. The number of para-hydroxylation sites is 1. The third-order valence-electron chi connectivity index (χ3n) is 4.88. The van der Waals surface area contributed by atoms with Gasteiger partial charge < -0.3 is 9.84 Å². The quantitative estimate of drug-likeness (QED) is 0.876. The summed E-state index contributed by atoms with van der Waals surface area (Å²) in [4.78, 5) is 0. The number of hydrogen-bond donors (Lipinski definition) is 1. The second-order valence-electron chi connectivity index (χ2n) is 6.23. The van der Waals surface area contributed by atoms with E-state index in [1.54, 1.807) is 0 Å². The van der Waals surface area contributed by atoms with E-state index < -0.39 is 5.60 Å². The zero-order chi connectivity index (χ0) is 13.3. The van der Waals surface area contributed by atoms with Crippen LogP contribution in [0.2, 0.25) is 0 Å². The molecule has 1 aliphatic heterocycles. The lowest BCUT2D eigenvalue weighted by atomic mass is 9.73. The van der Waals surface area contributed by atoms with E-state index in [0.29, 0.717) is 5.92 Å². The van der Waals surface area contributed by atoms with Gasteiger partial charge in [-0.1, -0.05) is 37.5 Å². The molecule has 1 heterocycles. The highest BCUT2D eigenvalue weighted by molar-refractivity contribution is 5.46. The highest BCUT2D eigenvalue weighted by Gasteiger charge is 2.37. The van der Waals surface area contributed by atoms with Crippen molar-refractivity contribution in [2.75, 3.05) is 6.61 Å². The molecule has 2 heteroatoms. The Bertz CT molecular complexity index is 445. The molecule has 0 amide bonds. The van der Waals surface area contributed by atoms with E-state index >= 15 is 0 Å². The maximum atomic E-state index is 11.1. The largest absolute Gasteiger partial charge is 0.493 e. The first-order chi connectivity index (χ1) is 9.19. The van der Waals surface area contributed by atoms with Crippen LogP contribution in [0, 0.1) is 5.92 Å². The van der Waals surface area contributed by atoms with Crippen molar-refractivity contribution in [3.8, 4) is 5.75 Å². The Balaban J connectivity index is 1.95. The lowest BCUT2D eigenvalue weighted by molar-refractivity contribution is -0.0239. The van der Waals surface area contributed by atoms with Crippen molar-refractivity contribution in [2.45, 2.75) is 57.5 Å². The summed E-state index contributed by atoms with van der Waals surface area (Å²) >= 11 is 0. The summed E-state index contributed by atoms with van der Waals surface area (Å²) in [5.41, 5.74) is 1.53. The SMILES string of the molecule is CC(O)(c1cccc2c1OCCC2)C1CCCCC1. The van der Waals surface area contributed by atoms with Gasteiger partial charge in [-0.3, -0.25) is 0 Å². The molecule has 2 aliphatic rings. The molecule has 1 unspecified atom stereocenters. The third kappa shape index (κ3) is 2.38. The highest BCUT2D eigenvalue weighted by Crippen LogP contribution is 2.44. The maximum Gasteiger partial charge on any atom is 0.128 e. The monoisotopic (exact) mass is 260 g/mol. The number of aryl methyl sites for hydroxylation is 1. The van der Waals surface area contributed by atoms with Crippen LogP contribution in [0.1, 0.15) is 56.6 Å². The van der Waals surface area contributed by atoms with Crippen LogP contribution in [0.25, 0.3) is 0 Å².